The molecule has 2 fully saturated rings. The van der Waals surface area contributed by atoms with E-state index in [0.29, 0.717) is 32.2 Å². The number of aromatic nitrogens is 1. The monoisotopic (exact) mass is 741 g/mol. The summed E-state index contributed by atoms with van der Waals surface area (Å²) in [5.74, 6) is -0.945. The third-order valence-corrected chi connectivity index (χ3v) is 11.2. The van der Waals surface area contributed by atoms with Gasteiger partial charge < -0.3 is 19.1 Å². The lowest BCUT2D eigenvalue weighted by molar-refractivity contribution is -0.374. The molecule has 0 radical (unpaired) electrons. The van der Waals surface area contributed by atoms with E-state index in [2.05, 4.69) is 4.98 Å². The van der Waals surface area contributed by atoms with Crippen LogP contribution in [0.5, 0.6) is 5.75 Å². The summed E-state index contributed by atoms with van der Waals surface area (Å²) in [4.78, 5) is 19.5. The molecule has 5 aromatic carbocycles. The minimum atomic E-state index is -3.74. The predicted molar refractivity (Wildman–Crippen MR) is 199 cm³/mol. The van der Waals surface area contributed by atoms with E-state index in [-0.39, 0.29) is 5.75 Å². The van der Waals surface area contributed by atoms with Crippen molar-refractivity contribution in [1.82, 2.24) is 4.98 Å². The highest BCUT2D eigenvalue weighted by Crippen LogP contribution is 2.61. The van der Waals surface area contributed by atoms with Crippen molar-refractivity contribution in [2.24, 2.45) is 0 Å². The van der Waals surface area contributed by atoms with Crippen molar-refractivity contribution in [2.45, 2.75) is 58.7 Å². The maximum Gasteiger partial charge on any atom is 0.542 e. The van der Waals surface area contributed by atoms with E-state index in [1.807, 2.05) is 166 Å². The molecular weight excluding hydrogens is 706 g/mol. The normalized spacial score (nSPS) is 21.2. The summed E-state index contributed by atoms with van der Waals surface area (Å²) in [6.07, 6.45) is -0.301. The molecule has 0 aliphatic carbocycles. The lowest BCUT2D eigenvalue weighted by atomic mass is 9.72. The number of ether oxygens (including phenoxy) is 5. The summed E-state index contributed by atoms with van der Waals surface area (Å²) in [6.45, 7) is 3.68. The van der Waals surface area contributed by atoms with Crippen LogP contribution >= 0.6 is 19.8 Å². The fourth-order valence-corrected chi connectivity index (χ4v) is 8.75. The van der Waals surface area contributed by atoms with Crippen molar-refractivity contribution in [1.29, 1.82) is 0 Å². The van der Waals surface area contributed by atoms with Crippen LogP contribution < -0.4 is 9.63 Å². The molecule has 3 atom stereocenters. The minimum Gasteiger partial charge on any atom is -0.588 e. The van der Waals surface area contributed by atoms with Gasteiger partial charge in [0.05, 0.1) is 4.90 Å². The number of benzene rings is 5. The van der Waals surface area contributed by atoms with Gasteiger partial charge >= 0.3 is 13.7 Å². The van der Waals surface area contributed by atoms with Crippen LogP contribution in [0.4, 0.5) is 0 Å². The molecular formula is C43H36NO7PS. The summed E-state index contributed by atoms with van der Waals surface area (Å²) in [6, 6.07) is 50.5. The molecule has 2 aliphatic heterocycles. The van der Waals surface area contributed by atoms with Crippen LogP contribution in [-0.4, -0.2) is 28.7 Å². The molecule has 10 heteroatoms. The number of hydrogen-bond acceptors (Lipinski definition) is 9. The van der Waals surface area contributed by atoms with Crippen molar-refractivity contribution in [3.05, 3.63) is 192 Å². The Balaban J connectivity index is 1.46. The van der Waals surface area contributed by atoms with Gasteiger partial charge in [-0.3, -0.25) is 9.47 Å². The lowest BCUT2D eigenvalue weighted by Gasteiger charge is -2.41. The second-order valence-corrected chi connectivity index (χ2v) is 15.3. The zero-order chi connectivity index (χ0) is 36.5. The summed E-state index contributed by atoms with van der Waals surface area (Å²) in [7, 11) is -3.74. The summed E-state index contributed by atoms with van der Waals surface area (Å²) >= 11 is 1.33. The largest absolute Gasteiger partial charge is 0.588 e. The third-order valence-electron chi connectivity index (χ3n) is 9.45. The van der Waals surface area contributed by atoms with Crippen molar-refractivity contribution in [2.75, 3.05) is 0 Å². The van der Waals surface area contributed by atoms with Gasteiger partial charge in [-0.05, 0) is 60.4 Å². The van der Waals surface area contributed by atoms with Gasteiger partial charge in [0.15, 0.2) is 17.0 Å². The average molecular weight is 742 g/mol. The highest BCUT2D eigenvalue weighted by molar-refractivity contribution is 7.99. The molecule has 1 aromatic heterocycles. The van der Waals surface area contributed by atoms with Crippen molar-refractivity contribution >= 4 is 19.8 Å². The number of hydrogen-bond donors (Lipinski definition) is 0. The van der Waals surface area contributed by atoms with Gasteiger partial charge in [0.2, 0.25) is 0 Å². The van der Waals surface area contributed by atoms with E-state index >= 15 is 0 Å². The van der Waals surface area contributed by atoms with E-state index in [0.717, 1.165) is 0 Å². The zero-order valence-corrected chi connectivity index (χ0v) is 30.7. The molecule has 53 heavy (non-hydrogen) atoms. The smallest absolute Gasteiger partial charge is 0.542 e. The van der Waals surface area contributed by atoms with E-state index < -0.39 is 42.9 Å². The quantitative estimate of drug-likeness (QED) is 0.135. The molecule has 0 saturated carbocycles. The Morgan fingerprint density at radius 3 is 1.43 bits per heavy atom. The van der Waals surface area contributed by atoms with Gasteiger partial charge in [-0.2, -0.15) is 0 Å². The van der Waals surface area contributed by atoms with Gasteiger partial charge in [-0.25, -0.2) is 4.98 Å². The Hall–Kier alpha value is -4.70. The maximum atomic E-state index is 14.4. The number of para-hydroxylation sites is 1. The van der Waals surface area contributed by atoms with Crippen LogP contribution in [0.3, 0.4) is 0 Å². The van der Waals surface area contributed by atoms with Crippen LogP contribution in [0.1, 0.15) is 36.1 Å². The summed E-state index contributed by atoms with van der Waals surface area (Å²) in [5.41, 5.74) is -3.68. The Labute approximate surface area is 313 Å². The zero-order valence-electron chi connectivity index (χ0n) is 29.0. The van der Waals surface area contributed by atoms with Crippen LogP contribution in [0, 0.1) is 0 Å². The predicted octanol–water partition coefficient (Wildman–Crippen LogP) is 8.78. The van der Waals surface area contributed by atoms with Gasteiger partial charge in [0.25, 0.3) is 0 Å². The molecule has 0 N–H and O–H groups in total. The van der Waals surface area contributed by atoms with Gasteiger partial charge in [0, 0.05) is 6.20 Å². The first-order valence-electron chi connectivity index (χ1n) is 17.3. The number of nitrogens with zero attached hydrogens (tertiary/aromatic N) is 1. The molecule has 0 spiro atoms. The topological polar surface area (TPSA) is 99.2 Å². The Bertz CT molecular complexity index is 1990. The fraction of sp³-hybridized carbons (Fsp3) is 0.186. The first-order chi connectivity index (χ1) is 25.8. The molecule has 8 nitrogen and oxygen atoms in total. The van der Waals surface area contributed by atoms with E-state index in [9.17, 15) is 9.46 Å². The van der Waals surface area contributed by atoms with E-state index in [1.54, 1.807) is 18.3 Å². The molecule has 2 saturated heterocycles. The second-order valence-electron chi connectivity index (χ2n) is 13.2. The van der Waals surface area contributed by atoms with Gasteiger partial charge in [0.1, 0.15) is 23.0 Å². The van der Waals surface area contributed by atoms with Crippen molar-refractivity contribution in [3.63, 3.8) is 0 Å². The number of pyridine rings is 1. The van der Waals surface area contributed by atoms with E-state index in [1.165, 1.54) is 11.8 Å². The third kappa shape index (κ3) is 6.38. The summed E-state index contributed by atoms with van der Waals surface area (Å²) in [5, 5.41) is 0.691. The van der Waals surface area contributed by atoms with E-state index in [4.69, 9.17) is 23.7 Å². The SMILES string of the molecule is CC1(C)O[C@@H]2[C@@H](O1)C(c1ccccc1)(c1ccccc1)OC(Oc1ccccc1Sc1ccccn1)([P+](=O)[O-])OC2(c1ccccc1)c1ccccc1. The lowest BCUT2D eigenvalue weighted by Crippen LogP contribution is -2.53. The Morgan fingerprint density at radius 2 is 1.02 bits per heavy atom. The molecule has 1 unspecified atom stereocenters. The average Bonchev–Trinajstić information content (AvgIpc) is 3.49. The second kappa shape index (κ2) is 14.3. The highest BCUT2D eigenvalue weighted by Gasteiger charge is 2.74. The number of fused-ring (bicyclic) bond motifs is 1. The first-order valence-corrected chi connectivity index (χ1v) is 19.2. The van der Waals surface area contributed by atoms with Gasteiger partial charge in [-0.15, -0.1) is 0 Å². The highest BCUT2D eigenvalue weighted by atomic mass is 32.2. The molecule has 8 rings (SSSR count). The first kappa shape index (κ1) is 35.3. The van der Waals surface area contributed by atoms with Crippen LogP contribution in [0.15, 0.2) is 180 Å². The molecule has 2 aliphatic rings. The molecule has 266 valence electrons. The van der Waals surface area contributed by atoms with Crippen molar-refractivity contribution < 1.29 is 33.1 Å². The minimum absolute atomic E-state index is 0.210. The maximum absolute atomic E-state index is 14.4. The van der Waals surface area contributed by atoms with Crippen LogP contribution in [-0.2, 0) is 34.7 Å². The molecule has 0 bridgehead atoms. The van der Waals surface area contributed by atoms with Crippen LogP contribution in [0.2, 0.25) is 0 Å². The Kier molecular flexibility index (Phi) is 9.51. The Morgan fingerprint density at radius 1 is 0.604 bits per heavy atom. The fourth-order valence-electron chi connectivity index (χ4n) is 7.30. The van der Waals surface area contributed by atoms with Gasteiger partial charge in [-0.1, -0.05) is 156 Å². The molecule has 3 heterocycles. The standard InChI is InChI=1S/C43H36NO7PS/c1-40(2)48-38-39(49-40)42(33-23-11-5-12-24-33,34-25-13-6-14-26-34)51-43(52(45)46,47-35-27-15-16-28-36(35)53-37-29-17-18-30-44-37)50-41(38,31-19-7-3-8-20-31)32-21-9-4-10-22-32/h3-30,38-39H,1-2H3/t38-,39-/m1/s1. The molecule has 0 amide bonds. The molecule has 6 aromatic rings. The number of rotatable bonds is 9. The van der Waals surface area contributed by atoms with Crippen LogP contribution in [0.25, 0.3) is 0 Å². The van der Waals surface area contributed by atoms with Crippen molar-refractivity contribution in [3.8, 4) is 5.75 Å². The summed E-state index contributed by atoms with van der Waals surface area (Å²) < 4.78 is 49.7.